The van der Waals surface area contributed by atoms with E-state index < -0.39 is 6.61 Å². The van der Waals surface area contributed by atoms with Gasteiger partial charge in [-0.05, 0) is 42.3 Å². The Balaban J connectivity index is 1.62. The van der Waals surface area contributed by atoms with Gasteiger partial charge in [0.2, 0.25) is 0 Å². The zero-order chi connectivity index (χ0) is 19.2. The zero-order valence-electron chi connectivity index (χ0n) is 15.0. The van der Waals surface area contributed by atoms with Gasteiger partial charge >= 0.3 is 6.61 Å². The van der Waals surface area contributed by atoms with Crippen molar-refractivity contribution in [1.82, 2.24) is 20.1 Å². The van der Waals surface area contributed by atoms with Crippen molar-refractivity contribution in [3.05, 3.63) is 66.2 Å². The maximum absolute atomic E-state index is 12.4. The minimum Gasteiger partial charge on any atom is -0.493 e. The maximum Gasteiger partial charge on any atom is 0.387 e. The number of rotatable bonds is 8. The molecule has 0 fully saturated rings. The van der Waals surface area contributed by atoms with Crippen LogP contribution < -0.4 is 14.8 Å². The SMILES string of the molecule is COc1cc(CNC(C)c2ccc(-n3cncn3)cc2)ccc1OC(F)F. The summed E-state index contributed by atoms with van der Waals surface area (Å²) in [7, 11) is 1.42. The van der Waals surface area contributed by atoms with Gasteiger partial charge < -0.3 is 14.8 Å². The largest absolute Gasteiger partial charge is 0.493 e. The first-order valence-electron chi connectivity index (χ1n) is 8.37. The summed E-state index contributed by atoms with van der Waals surface area (Å²) in [5.74, 6) is 0.299. The summed E-state index contributed by atoms with van der Waals surface area (Å²) in [4.78, 5) is 3.93. The fourth-order valence-electron chi connectivity index (χ4n) is 2.66. The molecule has 0 amide bonds. The van der Waals surface area contributed by atoms with E-state index in [4.69, 9.17) is 4.74 Å². The van der Waals surface area contributed by atoms with Gasteiger partial charge in [-0.25, -0.2) is 9.67 Å². The topological polar surface area (TPSA) is 61.2 Å². The van der Waals surface area contributed by atoms with Crippen LogP contribution in [0, 0.1) is 0 Å². The number of alkyl halides is 2. The lowest BCUT2D eigenvalue weighted by atomic mass is 10.1. The fourth-order valence-corrected chi connectivity index (χ4v) is 2.66. The van der Waals surface area contributed by atoms with Gasteiger partial charge in [-0.2, -0.15) is 13.9 Å². The fraction of sp³-hybridized carbons (Fsp3) is 0.263. The monoisotopic (exact) mass is 374 g/mol. The van der Waals surface area contributed by atoms with E-state index in [-0.39, 0.29) is 17.5 Å². The zero-order valence-corrected chi connectivity index (χ0v) is 15.0. The Morgan fingerprint density at radius 3 is 2.52 bits per heavy atom. The van der Waals surface area contributed by atoms with Crippen LogP contribution in [0.2, 0.25) is 0 Å². The number of methoxy groups -OCH3 is 1. The molecule has 0 radical (unpaired) electrons. The van der Waals surface area contributed by atoms with Crippen molar-refractivity contribution < 1.29 is 18.3 Å². The minimum absolute atomic E-state index is 0.0213. The van der Waals surface area contributed by atoms with E-state index in [0.717, 1.165) is 16.8 Å². The average Bonchev–Trinajstić information content (AvgIpc) is 3.21. The molecule has 6 nitrogen and oxygen atoms in total. The summed E-state index contributed by atoms with van der Waals surface area (Å²) in [5.41, 5.74) is 2.95. The highest BCUT2D eigenvalue weighted by Gasteiger charge is 2.12. The Morgan fingerprint density at radius 1 is 1.11 bits per heavy atom. The number of halogens is 2. The number of hydrogen-bond acceptors (Lipinski definition) is 5. The lowest BCUT2D eigenvalue weighted by Gasteiger charge is -2.16. The molecule has 1 aromatic heterocycles. The number of ether oxygens (including phenoxy) is 2. The predicted molar refractivity (Wildman–Crippen MR) is 96.2 cm³/mol. The van der Waals surface area contributed by atoms with Crippen LogP contribution in [-0.4, -0.2) is 28.5 Å². The molecule has 0 aliphatic rings. The Kier molecular flexibility index (Phi) is 5.97. The second-order valence-corrected chi connectivity index (χ2v) is 5.90. The van der Waals surface area contributed by atoms with Gasteiger partial charge in [-0.3, -0.25) is 0 Å². The second-order valence-electron chi connectivity index (χ2n) is 5.90. The smallest absolute Gasteiger partial charge is 0.387 e. The molecule has 1 unspecified atom stereocenters. The van der Waals surface area contributed by atoms with E-state index in [1.54, 1.807) is 23.1 Å². The van der Waals surface area contributed by atoms with Crippen molar-refractivity contribution >= 4 is 0 Å². The normalized spacial score (nSPS) is 12.2. The third kappa shape index (κ3) is 4.79. The third-order valence-corrected chi connectivity index (χ3v) is 4.13. The van der Waals surface area contributed by atoms with E-state index in [1.807, 2.05) is 24.3 Å². The van der Waals surface area contributed by atoms with Crippen molar-refractivity contribution in [2.45, 2.75) is 26.1 Å². The minimum atomic E-state index is -2.89. The third-order valence-electron chi connectivity index (χ3n) is 4.13. The molecule has 8 heteroatoms. The highest BCUT2D eigenvalue weighted by atomic mass is 19.3. The molecule has 3 rings (SSSR count). The average molecular weight is 374 g/mol. The molecule has 0 bridgehead atoms. The summed E-state index contributed by atoms with van der Waals surface area (Å²) < 4.78 is 36.1. The number of hydrogen-bond donors (Lipinski definition) is 1. The van der Waals surface area contributed by atoms with Gasteiger partial charge in [0.05, 0.1) is 12.8 Å². The quantitative estimate of drug-likeness (QED) is 0.651. The summed E-state index contributed by atoms with van der Waals surface area (Å²) >= 11 is 0. The molecular formula is C19H20F2N4O2. The van der Waals surface area contributed by atoms with Crippen molar-refractivity contribution in [2.75, 3.05) is 7.11 Å². The molecule has 1 atom stereocenters. The molecule has 0 aliphatic heterocycles. The molecule has 0 saturated carbocycles. The Morgan fingerprint density at radius 2 is 1.89 bits per heavy atom. The molecular weight excluding hydrogens is 354 g/mol. The highest BCUT2D eigenvalue weighted by Crippen LogP contribution is 2.29. The van der Waals surface area contributed by atoms with Crippen LogP contribution in [0.15, 0.2) is 55.1 Å². The first-order valence-corrected chi connectivity index (χ1v) is 8.37. The first-order chi connectivity index (χ1) is 13.1. The van der Waals surface area contributed by atoms with Gasteiger partial charge in [0.1, 0.15) is 12.7 Å². The van der Waals surface area contributed by atoms with Crippen LogP contribution in [0.4, 0.5) is 8.78 Å². The molecule has 0 aliphatic carbocycles. The van der Waals surface area contributed by atoms with Gasteiger partial charge in [0.25, 0.3) is 0 Å². The number of aromatic nitrogens is 3. The highest BCUT2D eigenvalue weighted by molar-refractivity contribution is 5.43. The van der Waals surface area contributed by atoms with Crippen molar-refractivity contribution in [1.29, 1.82) is 0 Å². The number of nitrogens with one attached hydrogen (secondary N) is 1. The molecule has 0 spiro atoms. The first kappa shape index (κ1) is 18.8. The van der Waals surface area contributed by atoms with E-state index in [9.17, 15) is 8.78 Å². The van der Waals surface area contributed by atoms with E-state index in [1.165, 1.54) is 19.5 Å². The van der Waals surface area contributed by atoms with Crippen molar-refractivity contribution in [3.8, 4) is 17.2 Å². The summed E-state index contributed by atoms with van der Waals surface area (Å²) in [6, 6.07) is 13.0. The Hall–Kier alpha value is -3.00. The Labute approximate surface area is 155 Å². The molecule has 142 valence electrons. The van der Waals surface area contributed by atoms with Crippen LogP contribution in [0.1, 0.15) is 24.1 Å². The molecule has 1 N–H and O–H groups in total. The van der Waals surface area contributed by atoms with Crippen LogP contribution >= 0.6 is 0 Å². The molecule has 27 heavy (non-hydrogen) atoms. The molecule has 3 aromatic rings. The molecule has 1 heterocycles. The molecule has 2 aromatic carbocycles. The van der Waals surface area contributed by atoms with Crippen molar-refractivity contribution in [3.63, 3.8) is 0 Å². The molecule has 0 saturated heterocycles. The van der Waals surface area contributed by atoms with E-state index >= 15 is 0 Å². The van der Waals surface area contributed by atoms with E-state index in [2.05, 4.69) is 27.1 Å². The lowest BCUT2D eigenvalue weighted by Crippen LogP contribution is -2.18. The number of benzene rings is 2. The summed E-state index contributed by atoms with van der Waals surface area (Å²) in [6.45, 7) is -0.281. The van der Waals surface area contributed by atoms with E-state index in [0.29, 0.717) is 6.54 Å². The summed E-state index contributed by atoms with van der Waals surface area (Å²) in [6.07, 6.45) is 3.13. The van der Waals surface area contributed by atoms with Crippen LogP contribution in [0.25, 0.3) is 5.69 Å². The van der Waals surface area contributed by atoms with Gasteiger partial charge in [0.15, 0.2) is 11.5 Å². The standard InChI is InChI=1S/C19H20F2N4O2/c1-13(15-4-6-16(7-5-15)25-12-22-11-24-25)23-10-14-3-8-17(27-19(20)21)18(9-14)26-2/h3-9,11-13,19,23H,10H2,1-2H3. The van der Waals surface area contributed by atoms with Crippen LogP contribution in [0.5, 0.6) is 11.5 Å². The van der Waals surface area contributed by atoms with Crippen LogP contribution in [0.3, 0.4) is 0 Å². The second kappa shape index (κ2) is 8.59. The van der Waals surface area contributed by atoms with Gasteiger partial charge in [-0.1, -0.05) is 18.2 Å². The van der Waals surface area contributed by atoms with Gasteiger partial charge in [0, 0.05) is 12.6 Å². The van der Waals surface area contributed by atoms with Crippen LogP contribution in [-0.2, 0) is 6.54 Å². The lowest BCUT2D eigenvalue weighted by molar-refractivity contribution is -0.0512. The van der Waals surface area contributed by atoms with Crippen molar-refractivity contribution in [2.24, 2.45) is 0 Å². The Bertz CT molecular complexity index is 855. The number of nitrogens with zero attached hydrogens (tertiary/aromatic N) is 3. The van der Waals surface area contributed by atoms with Gasteiger partial charge in [-0.15, -0.1) is 0 Å². The maximum atomic E-state index is 12.4. The summed E-state index contributed by atoms with van der Waals surface area (Å²) in [5, 5.41) is 7.50. The predicted octanol–water partition coefficient (Wildman–Crippen LogP) is 3.73.